The molecule has 0 aliphatic rings. The van der Waals surface area contributed by atoms with E-state index in [2.05, 4.69) is 48.5 Å². The third-order valence-electron chi connectivity index (χ3n) is 4.59. The number of carbonyl (C=O) groups excluding carboxylic acids is 1. The molecular formula is C21H30BrNO2S. The standard InChI is InChI=1S/C21H29NO2S.BrH/c1-13-14(2)25-12-22(13)11-17(24)15-9-10-16(23)19(21(6,7)8)18(15)20(3,4)5;/h9-10,12H,11H2,1-8H3;1H. The molecule has 26 heavy (non-hydrogen) atoms. The molecule has 144 valence electrons. The fourth-order valence-electron chi connectivity index (χ4n) is 3.27. The van der Waals surface area contributed by atoms with E-state index in [9.17, 15) is 9.90 Å². The lowest BCUT2D eigenvalue weighted by Crippen LogP contribution is -3.00. The SMILES string of the molecule is Cc1sc[n+](CC(=O)c2ccc(O)c(C(C)(C)C)c2C(C)(C)C)c1C.[Br-]. The molecule has 5 heteroatoms. The summed E-state index contributed by atoms with van der Waals surface area (Å²) < 4.78 is 2.01. The number of carbonyl (C=O) groups is 1. The largest absolute Gasteiger partial charge is 1.00 e. The number of rotatable bonds is 3. The molecule has 0 spiro atoms. The molecular weight excluding hydrogens is 410 g/mol. The van der Waals surface area contributed by atoms with Crippen molar-refractivity contribution in [3.8, 4) is 5.75 Å². The summed E-state index contributed by atoms with van der Waals surface area (Å²) in [6, 6.07) is 3.45. The minimum Gasteiger partial charge on any atom is -1.00 e. The smallest absolute Gasteiger partial charge is 0.227 e. The van der Waals surface area contributed by atoms with E-state index in [1.165, 1.54) is 4.88 Å². The molecule has 3 nitrogen and oxygen atoms in total. The molecule has 0 atom stereocenters. The van der Waals surface area contributed by atoms with Gasteiger partial charge in [-0.1, -0.05) is 52.9 Å². The van der Waals surface area contributed by atoms with E-state index in [1.807, 2.05) is 17.0 Å². The summed E-state index contributed by atoms with van der Waals surface area (Å²) >= 11 is 1.66. The monoisotopic (exact) mass is 439 g/mol. The van der Waals surface area contributed by atoms with Crippen molar-refractivity contribution in [3.05, 3.63) is 44.9 Å². The average Bonchev–Trinajstić information content (AvgIpc) is 2.76. The number of thiazole rings is 1. The van der Waals surface area contributed by atoms with Gasteiger partial charge in [0.15, 0.2) is 5.69 Å². The van der Waals surface area contributed by atoms with Crippen molar-refractivity contribution in [2.45, 2.75) is 72.8 Å². The summed E-state index contributed by atoms with van der Waals surface area (Å²) in [5.74, 6) is 0.352. The maximum Gasteiger partial charge on any atom is 0.227 e. The zero-order valence-corrected chi connectivity index (χ0v) is 19.4. The van der Waals surface area contributed by atoms with Crippen LogP contribution in [0.25, 0.3) is 0 Å². The maximum atomic E-state index is 13.1. The van der Waals surface area contributed by atoms with Crippen LogP contribution in [0.2, 0.25) is 0 Å². The summed E-state index contributed by atoms with van der Waals surface area (Å²) in [5.41, 5.74) is 5.19. The van der Waals surface area contributed by atoms with Gasteiger partial charge in [0, 0.05) is 18.1 Å². The topological polar surface area (TPSA) is 41.2 Å². The fourth-order valence-corrected chi connectivity index (χ4v) is 4.07. The molecule has 0 aliphatic carbocycles. The van der Waals surface area contributed by atoms with Crippen molar-refractivity contribution in [2.75, 3.05) is 0 Å². The van der Waals surface area contributed by atoms with Crippen LogP contribution in [0, 0.1) is 13.8 Å². The lowest BCUT2D eigenvalue weighted by molar-refractivity contribution is -0.684. The molecule has 0 fully saturated rings. The van der Waals surface area contributed by atoms with Gasteiger partial charge in [-0.25, -0.2) is 0 Å². The van der Waals surface area contributed by atoms with Crippen LogP contribution in [-0.4, -0.2) is 10.9 Å². The Hall–Kier alpha value is -1.20. The van der Waals surface area contributed by atoms with Crippen LogP contribution in [0.15, 0.2) is 17.6 Å². The molecule has 1 aromatic carbocycles. The predicted octanol–water partition coefficient (Wildman–Crippen LogP) is 1.84. The van der Waals surface area contributed by atoms with Gasteiger partial charge in [0.25, 0.3) is 0 Å². The number of Topliss-reactive ketones (excluding diaryl/α,β-unsaturated/α-hetero) is 1. The number of aromatic nitrogens is 1. The summed E-state index contributed by atoms with van der Waals surface area (Å²) in [7, 11) is 0. The van der Waals surface area contributed by atoms with E-state index in [0.29, 0.717) is 12.1 Å². The zero-order chi connectivity index (χ0) is 19.2. The predicted molar refractivity (Wildman–Crippen MR) is 104 cm³/mol. The summed E-state index contributed by atoms with van der Waals surface area (Å²) in [5, 5.41) is 10.5. The highest BCUT2D eigenvalue weighted by Gasteiger charge is 2.33. The van der Waals surface area contributed by atoms with Gasteiger partial charge < -0.3 is 22.1 Å². The molecule has 0 unspecified atom stereocenters. The second-order valence-corrected chi connectivity index (χ2v) is 9.86. The van der Waals surface area contributed by atoms with Crippen molar-refractivity contribution >= 4 is 17.1 Å². The van der Waals surface area contributed by atoms with E-state index in [-0.39, 0.29) is 39.3 Å². The highest BCUT2D eigenvalue weighted by molar-refractivity contribution is 7.09. The van der Waals surface area contributed by atoms with Gasteiger partial charge in [-0.2, -0.15) is 4.57 Å². The van der Waals surface area contributed by atoms with Crippen LogP contribution in [0.4, 0.5) is 0 Å². The Balaban J connectivity index is 0.00000338. The number of hydrogen-bond acceptors (Lipinski definition) is 3. The zero-order valence-electron chi connectivity index (χ0n) is 17.0. The third-order valence-corrected chi connectivity index (χ3v) is 5.60. The first-order valence-electron chi connectivity index (χ1n) is 8.68. The van der Waals surface area contributed by atoms with Crippen molar-refractivity contribution in [1.82, 2.24) is 0 Å². The molecule has 2 aromatic rings. The lowest BCUT2D eigenvalue weighted by Gasteiger charge is -2.32. The van der Waals surface area contributed by atoms with Crippen molar-refractivity contribution < 1.29 is 31.4 Å². The van der Waals surface area contributed by atoms with Gasteiger partial charge in [-0.15, -0.1) is 0 Å². The number of ketones is 1. The molecule has 0 radical (unpaired) electrons. The second-order valence-electron chi connectivity index (χ2n) is 8.80. The van der Waals surface area contributed by atoms with Crippen LogP contribution in [0.5, 0.6) is 5.75 Å². The first-order chi connectivity index (χ1) is 11.3. The van der Waals surface area contributed by atoms with E-state index in [0.717, 1.165) is 16.8 Å². The minimum atomic E-state index is -0.245. The number of benzene rings is 1. The van der Waals surface area contributed by atoms with Crippen LogP contribution in [0.3, 0.4) is 0 Å². The molecule has 0 saturated carbocycles. The first-order valence-corrected chi connectivity index (χ1v) is 9.56. The van der Waals surface area contributed by atoms with Crippen molar-refractivity contribution in [3.63, 3.8) is 0 Å². The first kappa shape index (κ1) is 22.8. The number of nitrogens with zero attached hydrogens (tertiary/aromatic N) is 1. The lowest BCUT2D eigenvalue weighted by atomic mass is 9.72. The van der Waals surface area contributed by atoms with Gasteiger partial charge in [0.1, 0.15) is 5.75 Å². The highest BCUT2D eigenvalue weighted by Crippen LogP contribution is 2.41. The van der Waals surface area contributed by atoms with Gasteiger partial charge in [0.05, 0.1) is 4.88 Å². The molecule has 1 aromatic heterocycles. The molecule has 2 rings (SSSR count). The normalized spacial score (nSPS) is 12.0. The highest BCUT2D eigenvalue weighted by atomic mass is 79.9. The molecule has 0 amide bonds. The fraction of sp³-hybridized carbons (Fsp3) is 0.524. The van der Waals surface area contributed by atoms with Gasteiger partial charge in [-0.3, -0.25) is 4.79 Å². The number of halogens is 1. The van der Waals surface area contributed by atoms with Gasteiger partial charge in [-0.05, 0) is 35.4 Å². The van der Waals surface area contributed by atoms with Crippen LogP contribution in [-0.2, 0) is 17.4 Å². The Bertz CT molecular complexity index is 811. The average molecular weight is 440 g/mol. The molecule has 0 aliphatic heterocycles. The van der Waals surface area contributed by atoms with Crippen LogP contribution < -0.4 is 21.5 Å². The molecule has 0 saturated heterocycles. The minimum absolute atomic E-state index is 0. The Morgan fingerprint density at radius 2 is 1.58 bits per heavy atom. The number of hydrogen-bond donors (Lipinski definition) is 1. The molecule has 1 N–H and O–H groups in total. The van der Waals surface area contributed by atoms with Gasteiger partial charge in [0.2, 0.25) is 17.8 Å². The third kappa shape index (κ3) is 4.55. The number of aryl methyl sites for hydroxylation is 1. The molecule has 0 bridgehead atoms. The van der Waals surface area contributed by atoms with Crippen LogP contribution >= 0.6 is 11.3 Å². The van der Waals surface area contributed by atoms with E-state index >= 15 is 0 Å². The van der Waals surface area contributed by atoms with Crippen LogP contribution in [0.1, 0.15) is 73.6 Å². The Morgan fingerprint density at radius 3 is 2.00 bits per heavy atom. The second kappa shape index (κ2) is 7.81. The number of phenols is 1. The summed E-state index contributed by atoms with van der Waals surface area (Å²) in [4.78, 5) is 14.4. The van der Waals surface area contributed by atoms with Crippen molar-refractivity contribution in [1.29, 1.82) is 0 Å². The Kier molecular flexibility index (Phi) is 6.86. The van der Waals surface area contributed by atoms with Crippen molar-refractivity contribution in [2.24, 2.45) is 0 Å². The van der Waals surface area contributed by atoms with E-state index < -0.39 is 0 Å². The summed E-state index contributed by atoms with van der Waals surface area (Å²) in [6.45, 7) is 17.0. The Labute approximate surface area is 171 Å². The summed E-state index contributed by atoms with van der Waals surface area (Å²) in [6.07, 6.45) is 0. The quantitative estimate of drug-likeness (QED) is 0.585. The number of phenolic OH excluding ortho intramolecular Hbond substituents is 1. The van der Waals surface area contributed by atoms with E-state index in [4.69, 9.17) is 0 Å². The maximum absolute atomic E-state index is 13.1. The Morgan fingerprint density at radius 1 is 1.04 bits per heavy atom. The van der Waals surface area contributed by atoms with E-state index in [1.54, 1.807) is 23.5 Å². The molecule has 1 heterocycles. The van der Waals surface area contributed by atoms with Gasteiger partial charge >= 0.3 is 0 Å². The number of aromatic hydroxyl groups is 1.